The summed E-state index contributed by atoms with van der Waals surface area (Å²) in [4.78, 5) is 12.1. The topological polar surface area (TPSA) is 59.9 Å². The van der Waals surface area contributed by atoms with Crippen LogP contribution in [0.25, 0.3) is 0 Å². The highest BCUT2D eigenvalue weighted by Gasteiger charge is 2.11. The van der Waals surface area contributed by atoms with Crippen molar-refractivity contribution in [2.45, 2.75) is 0 Å². The van der Waals surface area contributed by atoms with E-state index < -0.39 is 5.91 Å². The van der Waals surface area contributed by atoms with Gasteiger partial charge in [-0.1, -0.05) is 23.2 Å². The molecule has 0 aromatic heterocycles. The van der Waals surface area contributed by atoms with Crippen LogP contribution in [0.5, 0.6) is 11.5 Å². The second-order valence-corrected chi connectivity index (χ2v) is 6.25. The molecule has 8 heteroatoms. The van der Waals surface area contributed by atoms with Crippen molar-refractivity contribution in [3.05, 3.63) is 56.0 Å². The van der Waals surface area contributed by atoms with Crippen molar-refractivity contribution in [3.63, 3.8) is 0 Å². The molecule has 5 nitrogen and oxygen atoms in total. The molecule has 0 radical (unpaired) electrons. The molecule has 0 aliphatic rings. The van der Waals surface area contributed by atoms with Crippen LogP contribution in [0.1, 0.15) is 15.9 Å². The van der Waals surface area contributed by atoms with Gasteiger partial charge >= 0.3 is 0 Å². The number of ether oxygens (including phenoxy) is 2. The van der Waals surface area contributed by atoms with Gasteiger partial charge in [-0.15, -0.1) is 0 Å². The van der Waals surface area contributed by atoms with Crippen molar-refractivity contribution in [3.8, 4) is 11.5 Å². The lowest BCUT2D eigenvalue weighted by molar-refractivity contribution is 0.0955. The van der Waals surface area contributed by atoms with Gasteiger partial charge in [0.25, 0.3) is 5.91 Å². The third-order valence-electron chi connectivity index (χ3n) is 3.05. The predicted molar refractivity (Wildman–Crippen MR) is 98.8 cm³/mol. The number of nitrogens with one attached hydrogen (secondary N) is 1. The van der Waals surface area contributed by atoms with E-state index in [1.165, 1.54) is 25.5 Å². The minimum absolute atomic E-state index is 0.252. The van der Waals surface area contributed by atoms with Gasteiger partial charge in [-0.3, -0.25) is 4.79 Å². The van der Waals surface area contributed by atoms with Crippen LogP contribution in [0, 0.1) is 0 Å². The van der Waals surface area contributed by atoms with E-state index in [2.05, 4.69) is 26.5 Å². The molecule has 0 aliphatic carbocycles. The summed E-state index contributed by atoms with van der Waals surface area (Å²) in [7, 11) is 3.09. The van der Waals surface area contributed by atoms with E-state index >= 15 is 0 Å². The molecule has 0 saturated heterocycles. The molecular weight excluding hydrogens is 419 g/mol. The molecule has 2 aromatic carbocycles. The number of benzene rings is 2. The van der Waals surface area contributed by atoms with Gasteiger partial charge < -0.3 is 9.47 Å². The van der Waals surface area contributed by atoms with Crippen molar-refractivity contribution in [2.75, 3.05) is 14.2 Å². The van der Waals surface area contributed by atoms with E-state index in [9.17, 15) is 4.79 Å². The number of carbonyl (C=O) groups is 1. The van der Waals surface area contributed by atoms with Gasteiger partial charge in [0.15, 0.2) is 11.5 Å². The summed E-state index contributed by atoms with van der Waals surface area (Å²) in [6, 6.07) is 8.08. The van der Waals surface area contributed by atoms with Crippen LogP contribution in [0.4, 0.5) is 0 Å². The normalized spacial score (nSPS) is 10.7. The second kappa shape index (κ2) is 8.37. The van der Waals surface area contributed by atoms with E-state index in [0.29, 0.717) is 22.1 Å². The fraction of sp³-hybridized carbons (Fsp3) is 0.125. The van der Waals surface area contributed by atoms with Crippen molar-refractivity contribution in [1.82, 2.24) is 5.43 Å². The summed E-state index contributed by atoms with van der Waals surface area (Å²) in [6.07, 6.45) is 1.48. The molecule has 0 atom stereocenters. The van der Waals surface area contributed by atoms with Gasteiger partial charge in [0, 0.05) is 15.1 Å². The zero-order valence-corrected chi connectivity index (χ0v) is 15.9. The SMILES string of the molecule is COc1cc(Br)c(/C=N\NC(=O)c2ccc(Cl)cc2Cl)cc1OC. The highest BCUT2D eigenvalue weighted by molar-refractivity contribution is 9.10. The Bertz CT molecular complexity index is 797. The number of methoxy groups -OCH3 is 2. The molecular formula is C16H13BrCl2N2O3. The fourth-order valence-electron chi connectivity index (χ4n) is 1.86. The Morgan fingerprint density at radius 3 is 2.46 bits per heavy atom. The first-order valence-electron chi connectivity index (χ1n) is 6.66. The maximum absolute atomic E-state index is 12.1. The minimum Gasteiger partial charge on any atom is -0.493 e. The number of carbonyl (C=O) groups excluding carboxylic acids is 1. The molecule has 2 rings (SSSR count). The van der Waals surface area contributed by atoms with E-state index in [4.69, 9.17) is 32.7 Å². The van der Waals surface area contributed by atoms with Crippen LogP contribution in [-0.2, 0) is 0 Å². The molecule has 1 amide bonds. The Hall–Kier alpha value is -1.76. The lowest BCUT2D eigenvalue weighted by Crippen LogP contribution is -2.18. The Kier molecular flexibility index (Phi) is 6.48. The average Bonchev–Trinajstić information content (AvgIpc) is 2.55. The van der Waals surface area contributed by atoms with Gasteiger partial charge in [0.2, 0.25) is 0 Å². The van der Waals surface area contributed by atoms with Gasteiger partial charge in [-0.05, 0) is 46.3 Å². The average molecular weight is 432 g/mol. The fourth-order valence-corrected chi connectivity index (χ4v) is 2.78. The number of hydrazone groups is 1. The predicted octanol–water partition coefficient (Wildman–Crippen LogP) is 4.54. The zero-order valence-electron chi connectivity index (χ0n) is 12.8. The summed E-state index contributed by atoms with van der Waals surface area (Å²) in [6.45, 7) is 0. The summed E-state index contributed by atoms with van der Waals surface area (Å²) in [5.41, 5.74) is 3.40. The second-order valence-electron chi connectivity index (χ2n) is 4.55. The number of amides is 1. The van der Waals surface area contributed by atoms with Crippen molar-refractivity contribution in [2.24, 2.45) is 5.10 Å². The van der Waals surface area contributed by atoms with E-state index in [1.807, 2.05) is 0 Å². The lowest BCUT2D eigenvalue weighted by Gasteiger charge is -2.09. The maximum atomic E-state index is 12.1. The van der Waals surface area contributed by atoms with Crippen LogP contribution in [-0.4, -0.2) is 26.3 Å². The third-order valence-corrected chi connectivity index (χ3v) is 4.28. The summed E-state index contributed by atoms with van der Waals surface area (Å²) < 4.78 is 11.2. The Morgan fingerprint density at radius 1 is 1.17 bits per heavy atom. The first kappa shape index (κ1) is 18.6. The first-order chi connectivity index (χ1) is 11.5. The zero-order chi connectivity index (χ0) is 17.7. The molecule has 0 spiro atoms. The van der Waals surface area contributed by atoms with E-state index in [0.717, 1.165) is 4.47 Å². The standard InChI is InChI=1S/C16H13BrCl2N2O3/c1-23-14-5-9(12(17)7-15(14)24-2)8-20-21-16(22)11-4-3-10(18)6-13(11)19/h3-8H,1-2H3,(H,21,22)/b20-8-. The molecule has 24 heavy (non-hydrogen) atoms. The highest BCUT2D eigenvalue weighted by atomic mass is 79.9. The summed E-state index contributed by atoms with van der Waals surface area (Å²) in [5.74, 6) is 0.692. The van der Waals surface area contributed by atoms with Crippen molar-refractivity contribution < 1.29 is 14.3 Å². The molecule has 2 aromatic rings. The number of hydrogen-bond donors (Lipinski definition) is 1. The number of hydrogen-bond acceptors (Lipinski definition) is 4. The Labute approximate surface area is 157 Å². The van der Waals surface area contributed by atoms with Gasteiger partial charge in [0.1, 0.15) is 0 Å². The smallest absolute Gasteiger partial charge is 0.272 e. The molecule has 0 aliphatic heterocycles. The largest absolute Gasteiger partial charge is 0.493 e. The number of nitrogens with zero attached hydrogens (tertiary/aromatic N) is 1. The monoisotopic (exact) mass is 430 g/mol. The molecule has 0 heterocycles. The van der Waals surface area contributed by atoms with Crippen molar-refractivity contribution >= 4 is 51.3 Å². The van der Waals surface area contributed by atoms with E-state index in [-0.39, 0.29) is 10.6 Å². The van der Waals surface area contributed by atoms with Crippen molar-refractivity contribution in [1.29, 1.82) is 0 Å². The quantitative estimate of drug-likeness (QED) is 0.558. The van der Waals surface area contributed by atoms with Crippen LogP contribution in [0.3, 0.4) is 0 Å². The lowest BCUT2D eigenvalue weighted by atomic mass is 10.2. The van der Waals surface area contributed by atoms with Gasteiger partial charge in [-0.25, -0.2) is 5.43 Å². The molecule has 0 bridgehead atoms. The van der Waals surface area contributed by atoms with Crippen LogP contribution in [0.2, 0.25) is 10.0 Å². The number of halogens is 3. The van der Waals surface area contributed by atoms with Crippen LogP contribution in [0.15, 0.2) is 39.9 Å². The molecule has 0 saturated carbocycles. The van der Waals surface area contributed by atoms with Gasteiger partial charge in [0.05, 0.1) is 31.0 Å². The molecule has 126 valence electrons. The van der Waals surface area contributed by atoms with Crippen LogP contribution >= 0.6 is 39.1 Å². The number of rotatable bonds is 5. The maximum Gasteiger partial charge on any atom is 0.272 e. The Balaban J connectivity index is 2.15. The van der Waals surface area contributed by atoms with Gasteiger partial charge in [-0.2, -0.15) is 5.10 Å². The highest BCUT2D eigenvalue weighted by Crippen LogP contribution is 2.32. The first-order valence-corrected chi connectivity index (χ1v) is 8.21. The Morgan fingerprint density at radius 2 is 1.83 bits per heavy atom. The third kappa shape index (κ3) is 4.41. The van der Waals surface area contributed by atoms with Crippen LogP contribution < -0.4 is 14.9 Å². The summed E-state index contributed by atoms with van der Waals surface area (Å²) >= 11 is 15.2. The van der Waals surface area contributed by atoms with E-state index in [1.54, 1.807) is 25.3 Å². The molecule has 1 N–H and O–H groups in total. The molecule has 0 fully saturated rings. The molecule has 0 unspecified atom stereocenters. The summed E-state index contributed by atoms with van der Waals surface area (Å²) in [5, 5.41) is 4.64. The minimum atomic E-state index is -0.440.